The normalized spacial score (nSPS) is 26.7. The number of para-hydroxylation sites is 1. The van der Waals surface area contributed by atoms with Crippen molar-refractivity contribution in [3.05, 3.63) is 42.1 Å². The molecule has 2 nitrogen and oxygen atoms in total. The van der Waals surface area contributed by atoms with E-state index in [-0.39, 0.29) is 0 Å². The van der Waals surface area contributed by atoms with Crippen molar-refractivity contribution in [1.29, 1.82) is 0 Å². The molecule has 1 saturated carbocycles. The molecule has 1 aliphatic rings. The Morgan fingerprint density at radius 1 is 1.19 bits per heavy atom. The standard InChI is InChI=1S/C19H25NO/c1-2-15-6-5-11-19(21,12-9-15)14-16-10-13-20-18-8-4-3-7-17(16)18/h3-4,7-8,10,13,15,21H,2,5-6,9,11-12,14H2,1H3. The van der Waals surface area contributed by atoms with E-state index in [0.29, 0.717) is 0 Å². The van der Waals surface area contributed by atoms with Crippen molar-refractivity contribution < 1.29 is 5.11 Å². The SMILES string of the molecule is CCC1CCCC(O)(Cc2ccnc3ccccc23)CC1. The van der Waals surface area contributed by atoms with Crippen LogP contribution in [0.3, 0.4) is 0 Å². The van der Waals surface area contributed by atoms with Gasteiger partial charge < -0.3 is 5.11 Å². The van der Waals surface area contributed by atoms with Crippen LogP contribution < -0.4 is 0 Å². The van der Waals surface area contributed by atoms with E-state index in [1.807, 2.05) is 18.3 Å². The molecule has 2 heteroatoms. The van der Waals surface area contributed by atoms with Crippen molar-refractivity contribution in [2.24, 2.45) is 5.92 Å². The molecule has 1 aromatic carbocycles. The number of rotatable bonds is 3. The topological polar surface area (TPSA) is 33.1 Å². The summed E-state index contributed by atoms with van der Waals surface area (Å²) in [6.07, 6.45) is 9.32. The maximum atomic E-state index is 11.1. The summed E-state index contributed by atoms with van der Waals surface area (Å²) in [4.78, 5) is 4.42. The van der Waals surface area contributed by atoms with Crippen LogP contribution in [0.1, 0.15) is 51.0 Å². The van der Waals surface area contributed by atoms with Crippen LogP contribution in [0.2, 0.25) is 0 Å². The first-order valence-corrected chi connectivity index (χ1v) is 8.25. The zero-order chi connectivity index (χ0) is 14.7. The van der Waals surface area contributed by atoms with Crippen molar-refractivity contribution in [2.75, 3.05) is 0 Å². The van der Waals surface area contributed by atoms with E-state index in [2.05, 4.69) is 30.1 Å². The molecule has 0 bridgehead atoms. The van der Waals surface area contributed by atoms with E-state index in [9.17, 15) is 5.11 Å². The molecular weight excluding hydrogens is 258 g/mol. The van der Waals surface area contributed by atoms with Crippen LogP contribution >= 0.6 is 0 Å². The summed E-state index contributed by atoms with van der Waals surface area (Å²) in [5.41, 5.74) is 1.73. The zero-order valence-corrected chi connectivity index (χ0v) is 12.9. The minimum absolute atomic E-state index is 0.534. The molecule has 0 spiro atoms. The minimum atomic E-state index is -0.534. The van der Waals surface area contributed by atoms with Crippen molar-refractivity contribution in [1.82, 2.24) is 4.98 Å². The van der Waals surface area contributed by atoms with Gasteiger partial charge in [0, 0.05) is 18.0 Å². The predicted octanol–water partition coefficient (Wildman–Crippen LogP) is 4.50. The molecule has 1 heterocycles. The fourth-order valence-corrected chi connectivity index (χ4v) is 3.71. The van der Waals surface area contributed by atoms with Gasteiger partial charge in [0.1, 0.15) is 0 Å². The maximum absolute atomic E-state index is 11.1. The minimum Gasteiger partial charge on any atom is -0.390 e. The molecule has 2 unspecified atom stereocenters. The molecule has 0 saturated heterocycles. The third-order valence-corrected chi connectivity index (χ3v) is 5.11. The number of nitrogens with zero attached hydrogens (tertiary/aromatic N) is 1. The first-order chi connectivity index (χ1) is 10.2. The lowest BCUT2D eigenvalue weighted by Gasteiger charge is -2.27. The van der Waals surface area contributed by atoms with Crippen molar-refractivity contribution in [3.63, 3.8) is 0 Å². The molecule has 0 amide bonds. The van der Waals surface area contributed by atoms with Gasteiger partial charge >= 0.3 is 0 Å². The van der Waals surface area contributed by atoms with Gasteiger partial charge in [0.05, 0.1) is 11.1 Å². The molecule has 0 radical (unpaired) electrons. The number of hydrogen-bond acceptors (Lipinski definition) is 2. The number of aliphatic hydroxyl groups is 1. The van der Waals surface area contributed by atoms with Gasteiger partial charge in [-0.3, -0.25) is 4.98 Å². The van der Waals surface area contributed by atoms with Gasteiger partial charge in [-0.2, -0.15) is 0 Å². The summed E-state index contributed by atoms with van der Waals surface area (Å²) in [5.74, 6) is 0.799. The Bertz CT molecular complexity index is 604. The first kappa shape index (κ1) is 14.5. The summed E-state index contributed by atoms with van der Waals surface area (Å²) < 4.78 is 0. The van der Waals surface area contributed by atoms with E-state index in [1.54, 1.807) is 0 Å². The van der Waals surface area contributed by atoms with E-state index >= 15 is 0 Å². The molecule has 1 fully saturated rings. The highest BCUT2D eigenvalue weighted by Gasteiger charge is 2.31. The Hall–Kier alpha value is -1.41. The van der Waals surface area contributed by atoms with Gasteiger partial charge in [-0.25, -0.2) is 0 Å². The van der Waals surface area contributed by atoms with Crippen LogP contribution in [0, 0.1) is 5.92 Å². The van der Waals surface area contributed by atoms with Crippen molar-refractivity contribution in [2.45, 2.75) is 57.5 Å². The molecule has 3 rings (SSSR count). The van der Waals surface area contributed by atoms with Crippen LogP contribution in [0.5, 0.6) is 0 Å². The molecule has 2 aromatic rings. The lowest BCUT2D eigenvalue weighted by Crippen LogP contribution is -2.30. The highest BCUT2D eigenvalue weighted by atomic mass is 16.3. The van der Waals surface area contributed by atoms with Crippen molar-refractivity contribution in [3.8, 4) is 0 Å². The maximum Gasteiger partial charge on any atom is 0.0704 e. The number of hydrogen-bond donors (Lipinski definition) is 1. The lowest BCUT2D eigenvalue weighted by molar-refractivity contribution is 0.0244. The Morgan fingerprint density at radius 2 is 2.05 bits per heavy atom. The smallest absolute Gasteiger partial charge is 0.0704 e. The Balaban J connectivity index is 1.84. The van der Waals surface area contributed by atoms with Gasteiger partial charge in [-0.1, -0.05) is 44.4 Å². The lowest BCUT2D eigenvalue weighted by atomic mass is 9.86. The van der Waals surface area contributed by atoms with Crippen LogP contribution in [0.4, 0.5) is 0 Å². The van der Waals surface area contributed by atoms with Crippen LogP contribution in [-0.2, 0) is 6.42 Å². The zero-order valence-electron chi connectivity index (χ0n) is 12.9. The largest absolute Gasteiger partial charge is 0.390 e. The number of aromatic nitrogens is 1. The van der Waals surface area contributed by atoms with Gasteiger partial charge in [0.15, 0.2) is 0 Å². The second-order valence-electron chi connectivity index (χ2n) is 6.59. The predicted molar refractivity (Wildman–Crippen MR) is 87.3 cm³/mol. The number of fused-ring (bicyclic) bond motifs is 1. The third-order valence-electron chi connectivity index (χ3n) is 5.11. The van der Waals surface area contributed by atoms with E-state index < -0.39 is 5.60 Å². The third kappa shape index (κ3) is 3.26. The van der Waals surface area contributed by atoms with Crippen LogP contribution in [0.25, 0.3) is 10.9 Å². The van der Waals surface area contributed by atoms with Gasteiger partial charge in [-0.15, -0.1) is 0 Å². The molecule has 0 aliphatic heterocycles. The van der Waals surface area contributed by atoms with E-state index in [0.717, 1.165) is 43.5 Å². The fraction of sp³-hybridized carbons (Fsp3) is 0.526. The second kappa shape index (κ2) is 6.15. The quantitative estimate of drug-likeness (QED) is 0.841. The summed E-state index contributed by atoms with van der Waals surface area (Å²) >= 11 is 0. The molecule has 2 atom stereocenters. The molecular formula is C19H25NO. The summed E-state index contributed by atoms with van der Waals surface area (Å²) in [6, 6.07) is 10.3. The van der Waals surface area contributed by atoms with Crippen LogP contribution in [-0.4, -0.2) is 15.7 Å². The summed E-state index contributed by atoms with van der Waals surface area (Å²) in [5, 5.41) is 12.2. The Labute approximate surface area is 127 Å². The monoisotopic (exact) mass is 283 g/mol. The van der Waals surface area contributed by atoms with Gasteiger partial charge in [0.25, 0.3) is 0 Å². The first-order valence-electron chi connectivity index (χ1n) is 8.25. The van der Waals surface area contributed by atoms with Gasteiger partial charge in [-0.05, 0) is 42.9 Å². The number of benzene rings is 1. The summed E-state index contributed by atoms with van der Waals surface area (Å²) in [7, 11) is 0. The highest BCUT2D eigenvalue weighted by molar-refractivity contribution is 5.81. The fourth-order valence-electron chi connectivity index (χ4n) is 3.71. The van der Waals surface area contributed by atoms with Crippen molar-refractivity contribution >= 4 is 10.9 Å². The summed E-state index contributed by atoms with van der Waals surface area (Å²) in [6.45, 7) is 2.27. The molecule has 1 aromatic heterocycles. The molecule has 112 valence electrons. The average molecular weight is 283 g/mol. The van der Waals surface area contributed by atoms with E-state index in [1.165, 1.54) is 23.8 Å². The second-order valence-corrected chi connectivity index (χ2v) is 6.59. The highest BCUT2D eigenvalue weighted by Crippen LogP contribution is 2.35. The van der Waals surface area contributed by atoms with E-state index in [4.69, 9.17) is 0 Å². The van der Waals surface area contributed by atoms with Gasteiger partial charge in [0.2, 0.25) is 0 Å². The Morgan fingerprint density at radius 3 is 2.90 bits per heavy atom. The average Bonchev–Trinajstić information content (AvgIpc) is 2.69. The van der Waals surface area contributed by atoms with Crippen LogP contribution in [0.15, 0.2) is 36.5 Å². The number of pyridine rings is 1. The molecule has 21 heavy (non-hydrogen) atoms. The Kier molecular flexibility index (Phi) is 4.25. The molecule has 1 aliphatic carbocycles. The molecule has 1 N–H and O–H groups in total.